The van der Waals surface area contributed by atoms with Crippen molar-refractivity contribution in [3.63, 3.8) is 0 Å². The zero-order chi connectivity index (χ0) is 10.1. The molecular formula is C8H7BrN4S. The highest BCUT2D eigenvalue weighted by Crippen LogP contribution is 2.15. The molecule has 2 aromatic rings. The van der Waals surface area contributed by atoms with Crippen molar-refractivity contribution in [2.24, 2.45) is 7.05 Å². The largest absolute Gasteiger partial charge is 0.330 e. The molecule has 0 aliphatic heterocycles. The summed E-state index contributed by atoms with van der Waals surface area (Å²) in [6.45, 7) is 0. The van der Waals surface area contributed by atoms with Crippen LogP contribution in [0.15, 0.2) is 23.1 Å². The Morgan fingerprint density at radius 1 is 1.50 bits per heavy atom. The maximum Gasteiger partial charge on any atom is 0.141 e. The van der Waals surface area contributed by atoms with Crippen LogP contribution < -0.4 is 0 Å². The zero-order valence-corrected chi connectivity index (χ0v) is 9.76. The lowest BCUT2D eigenvalue weighted by atomic mass is 10.3. The van der Waals surface area contributed by atoms with Crippen LogP contribution in [0.4, 0.5) is 0 Å². The highest BCUT2D eigenvalue weighted by Gasteiger charge is 2.02. The molecule has 2 rings (SSSR count). The molecule has 0 aromatic carbocycles. The fraction of sp³-hybridized carbons (Fsp3) is 0.125. The molecule has 0 spiro atoms. The molecule has 72 valence electrons. The Morgan fingerprint density at radius 2 is 2.29 bits per heavy atom. The maximum atomic E-state index is 5.08. The Hall–Kier alpha value is -1.01. The van der Waals surface area contributed by atoms with Crippen LogP contribution >= 0.6 is 28.1 Å². The number of rotatable bonds is 1. The first-order valence-electron chi connectivity index (χ1n) is 3.90. The third-order valence-electron chi connectivity index (χ3n) is 1.73. The summed E-state index contributed by atoms with van der Waals surface area (Å²) in [5.74, 6) is 0.728. The third-order valence-corrected chi connectivity index (χ3v) is 2.92. The number of aryl methyl sites for hydroxylation is 1. The van der Waals surface area contributed by atoms with Crippen molar-refractivity contribution in [3.05, 3.63) is 27.7 Å². The van der Waals surface area contributed by atoms with E-state index in [4.69, 9.17) is 12.2 Å². The van der Waals surface area contributed by atoms with E-state index in [1.165, 1.54) is 0 Å². The first kappa shape index (κ1) is 9.54. The zero-order valence-electron chi connectivity index (χ0n) is 7.36. The lowest BCUT2D eigenvalue weighted by molar-refractivity contribution is 0.768. The Morgan fingerprint density at radius 3 is 2.86 bits per heavy atom. The topological polar surface area (TPSA) is 46.5 Å². The molecule has 0 radical (unpaired) electrons. The molecule has 4 nitrogen and oxygen atoms in total. The molecule has 2 heterocycles. The van der Waals surface area contributed by atoms with E-state index >= 15 is 0 Å². The fourth-order valence-corrected chi connectivity index (χ4v) is 1.42. The van der Waals surface area contributed by atoms with Crippen LogP contribution in [0.1, 0.15) is 0 Å². The molecule has 0 saturated heterocycles. The number of aromatic nitrogens is 4. The second-order valence-corrected chi connectivity index (χ2v) is 4.07. The van der Waals surface area contributed by atoms with Gasteiger partial charge in [-0.25, -0.2) is 4.98 Å². The van der Waals surface area contributed by atoms with Crippen molar-refractivity contribution in [1.29, 1.82) is 0 Å². The molecule has 0 unspecified atom stereocenters. The van der Waals surface area contributed by atoms with E-state index in [0.29, 0.717) is 4.64 Å². The Kier molecular flexibility index (Phi) is 2.47. The van der Waals surface area contributed by atoms with Gasteiger partial charge < -0.3 is 4.98 Å². The van der Waals surface area contributed by atoms with Crippen LogP contribution in [0, 0.1) is 4.64 Å². The molecule has 0 atom stereocenters. The molecule has 0 amide bonds. The van der Waals surface area contributed by atoms with Crippen LogP contribution in [0.5, 0.6) is 0 Å². The van der Waals surface area contributed by atoms with Gasteiger partial charge in [0.1, 0.15) is 10.5 Å². The first-order chi connectivity index (χ1) is 6.66. The number of nitrogens with one attached hydrogen (secondary N) is 1. The van der Waals surface area contributed by atoms with Crippen molar-refractivity contribution in [2.75, 3.05) is 0 Å². The minimum Gasteiger partial charge on any atom is -0.330 e. The molecule has 0 fully saturated rings. The summed E-state index contributed by atoms with van der Waals surface area (Å²) in [4.78, 5) is 7.21. The number of hydrogen-bond acceptors (Lipinski definition) is 3. The standard InChI is InChI=1S/C8H7BrN4S/c1-13-4-5(2-11-13)7-10-3-6(9)8(14)12-7/h2-4H,1H3,(H,10,12,14). The van der Waals surface area contributed by atoms with Crippen molar-refractivity contribution in [2.45, 2.75) is 0 Å². The van der Waals surface area contributed by atoms with Gasteiger partial charge in [-0.2, -0.15) is 5.10 Å². The lowest BCUT2D eigenvalue weighted by Crippen LogP contribution is -1.88. The summed E-state index contributed by atoms with van der Waals surface area (Å²) < 4.78 is 3.15. The van der Waals surface area contributed by atoms with Gasteiger partial charge in [0.15, 0.2) is 0 Å². The molecule has 6 heteroatoms. The summed E-state index contributed by atoms with van der Waals surface area (Å²) in [5, 5.41) is 4.06. The molecule has 2 aromatic heterocycles. The minimum absolute atomic E-state index is 0.638. The summed E-state index contributed by atoms with van der Waals surface area (Å²) in [7, 11) is 1.86. The van der Waals surface area contributed by atoms with Crippen LogP contribution in [-0.2, 0) is 7.05 Å². The Bertz CT molecular complexity index is 516. The first-order valence-corrected chi connectivity index (χ1v) is 5.11. The highest BCUT2D eigenvalue weighted by molar-refractivity contribution is 9.10. The molecule has 0 aliphatic carbocycles. The number of hydrogen-bond donors (Lipinski definition) is 1. The van der Waals surface area contributed by atoms with Gasteiger partial charge >= 0.3 is 0 Å². The molecule has 0 aliphatic rings. The minimum atomic E-state index is 0.638. The van der Waals surface area contributed by atoms with Crippen molar-refractivity contribution >= 4 is 28.1 Å². The van der Waals surface area contributed by atoms with Crippen LogP contribution in [0.3, 0.4) is 0 Å². The lowest BCUT2D eigenvalue weighted by Gasteiger charge is -1.96. The van der Waals surface area contributed by atoms with E-state index in [2.05, 4.69) is 31.0 Å². The van der Waals surface area contributed by atoms with E-state index in [1.54, 1.807) is 17.1 Å². The maximum absolute atomic E-state index is 5.08. The Labute approximate surface area is 94.1 Å². The second-order valence-electron chi connectivity index (χ2n) is 2.81. The smallest absolute Gasteiger partial charge is 0.141 e. The van der Waals surface area contributed by atoms with E-state index in [-0.39, 0.29) is 0 Å². The van der Waals surface area contributed by atoms with Gasteiger partial charge in [0.25, 0.3) is 0 Å². The van der Waals surface area contributed by atoms with Gasteiger partial charge in [0.05, 0.1) is 16.2 Å². The van der Waals surface area contributed by atoms with Gasteiger partial charge in [-0.1, -0.05) is 12.2 Å². The van der Waals surface area contributed by atoms with Crippen LogP contribution in [-0.4, -0.2) is 19.7 Å². The quantitative estimate of drug-likeness (QED) is 0.809. The van der Waals surface area contributed by atoms with Gasteiger partial charge in [0, 0.05) is 19.4 Å². The number of H-pyrrole nitrogens is 1. The molecular weight excluding hydrogens is 264 g/mol. The summed E-state index contributed by atoms with van der Waals surface area (Å²) >= 11 is 8.37. The average molecular weight is 271 g/mol. The number of aromatic amines is 1. The average Bonchev–Trinajstić information content (AvgIpc) is 2.57. The van der Waals surface area contributed by atoms with E-state index in [0.717, 1.165) is 15.9 Å². The van der Waals surface area contributed by atoms with E-state index < -0.39 is 0 Å². The number of halogens is 1. The highest BCUT2D eigenvalue weighted by atomic mass is 79.9. The molecule has 14 heavy (non-hydrogen) atoms. The van der Waals surface area contributed by atoms with Gasteiger partial charge in [-0.05, 0) is 15.9 Å². The van der Waals surface area contributed by atoms with Gasteiger partial charge in [0.2, 0.25) is 0 Å². The monoisotopic (exact) mass is 270 g/mol. The summed E-state index contributed by atoms with van der Waals surface area (Å²) in [6, 6.07) is 0. The van der Waals surface area contributed by atoms with E-state index in [9.17, 15) is 0 Å². The molecule has 0 bridgehead atoms. The van der Waals surface area contributed by atoms with Gasteiger partial charge in [-0.15, -0.1) is 0 Å². The molecule has 0 saturated carbocycles. The molecule has 1 N–H and O–H groups in total. The third kappa shape index (κ3) is 1.76. The summed E-state index contributed by atoms with van der Waals surface area (Å²) in [6.07, 6.45) is 5.30. The van der Waals surface area contributed by atoms with Crippen LogP contribution in [0.25, 0.3) is 11.4 Å². The van der Waals surface area contributed by atoms with E-state index in [1.807, 2.05) is 13.2 Å². The normalized spacial score (nSPS) is 10.4. The number of nitrogens with zero attached hydrogens (tertiary/aromatic N) is 3. The predicted molar refractivity (Wildman–Crippen MR) is 59.3 cm³/mol. The summed E-state index contributed by atoms with van der Waals surface area (Å²) in [5.41, 5.74) is 0.922. The SMILES string of the molecule is Cn1cc(-c2ncc(Br)c(=S)[nH]2)cn1. The van der Waals surface area contributed by atoms with Gasteiger partial charge in [-0.3, -0.25) is 4.68 Å². The second kappa shape index (κ2) is 3.62. The van der Waals surface area contributed by atoms with Crippen molar-refractivity contribution < 1.29 is 0 Å². The fourth-order valence-electron chi connectivity index (χ4n) is 1.07. The predicted octanol–water partition coefficient (Wildman–Crippen LogP) is 2.30. The van der Waals surface area contributed by atoms with Crippen molar-refractivity contribution in [1.82, 2.24) is 19.7 Å². The van der Waals surface area contributed by atoms with Crippen molar-refractivity contribution in [3.8, 4) is 11.4 Å². The van der Waals surface area contributed by atoms with Crippen LogP contribution in [0.2, 0.25) is 0 Å². The Balaban J connectivity index is 2.53.